The molecule has 4 rings (SSSR count). The quantitative estimate of drug-likeness (QED) is 0.774. The average molecular weight is 360 g/mol. The molecule has 1 amide bonds. The number of carbonyl (C=O) groups is 1. The smallest absolute Gasteiger partial charge is 0.233 e. The van der Waals surface area contributed by atoms with Crippen molar-refractivity contribution in [3.05, 3.63) is 36.2 Å². The van der Waals surface area contributed by atoms with Crippen LogP contribution in [0.3, 0.4) is 0 Å². The molecule has 0 bridgehead atoms. The second kappa shape index (κ2) is 7.05. The normalized spacial score (nSPS) is 22.2. The van der Waals surface area contributed by atoms with Crippen LogP contribution in [0.4, 0.5) is 0 Å². The topological polar surface area (TPSA) is 69.5 Å². The Balaban J connectivity index is 1.38. The number of likely N-dealkylation sites (tertiary alicyclic amines) is 1. The van der Waals surface area contributed by atoms with Gasteiger partial charge in [-0.1, -0.05) is 11.3 Å². The molecule has 132 valence electrons. The van der Waals surface area contributed by atoms with Gasteiger partial charge in [0.1, 0.15) is 5.75 Å². The first-order chi connectivity index (χ1) is 12.2. The van der Waals surface area contributed by atoms with Gasteiger partial charge in [0.25, 0.3) is 0 Å². The minimum atomic E-state index is 0.0609. The molecule has 0 N–H and O–H groups in total. The molecule has 2 aromatic rings. The molecule has 0 saturated carbocycles. The van der Waals surface area contributed by atoms with Crippen LogP contribution in [-0.2, 0) is 16.1 Å². The zero-order chi connectivity index (χ0) is 17.2. The molecular weight excluding hydrogens is 340 g/mol. The Hall–Kier alpha value is -2.06. The maximum atomic E-state index is 12.6. The highest BCUT2D eigenvalue weighted by Crippen LogP contribution is 2.31. The van der Waals surface area contributed by atoms with E-state index in [1.165, 1.54) is 11.8 Å². The summed E-state index contributed by atoms with van der Waals surface area (Å²) in [5, 5.41) is 8.15. The Morgan fingerprint density at radius 2 is 2.40 bits per heavy atom. The van der Waals surface area contributed by atoms with E-state index in [1.807, 2.05) is 33.8 Å². The second-order valence-electron chi connectivity index (χ2n) is 6.18. The Morgan fingerprint density at radius 1 is 1.48 bits per heavy atom. The lowest BCUT2D eigenvalue weighted by Crippen LogP contribution is -2.50. The summed E-state index contributed by atoms with van der Waals surface area (Å²) in [6.07, 6.45) is 2.68. The van der Waals surface area contributed by atoms with Crippen LogP contribution in [0.15, 0.2) is 35.4 Å². The molecule has 2 aliphatic rings. The summed E-state index contributed by atoms with van der Waals surface area (Å²) < 4.78 is 13.0. The molecule has 2 atom stereocenters. The average Bonchev–Trinajstić information content (AvgIpc) is 3.15. The molecule has 3 heterocycles. The van der Waals surface area contributed by atoms with Crippen LogP contribution in [-0.4, -0.2) is 57.9 Å². The largest absolute Gasteiger partial charge is 0.497 e. The highest BCUT2D eigenvalue weighted by molar-refractivity contribution is 8.00. The molecule has 7 nitrogen and oxygen atoms in total. The molecule has 8 heteroatoms. The number of aromatic nitrogens is 3. The third-order valence-electron chi connectivity index (χ3n) is 4.68. The number of hydrogen-bond acceptors (Lipinski definition) is 6. The van der Waals surface area contributed by atoms with Gasteiger partial charge >= 0.3 is 0 Å². The van der Waals surface area contributed by atoms with Crippen molar-refractivity contribution < 1.29 is 14.3 Å². The minimum Gasteiger partial charge on any atom is -0.497 e. The molecule has 25 heavy (non-hydrogen) atoms. The van der Waals surface area contributed by atoms with Crippen molar-refractivity contribution in [3.8, 4) is 5.75 Å². The summed E-state index contributed by atoms with van der Waals surface area (Å²) in [5.74, 6) is 1.35. The van der Waals surface area contributed by atoms with Crippen molar-refractivity contribution in [1.29, 1.82) is 0 Å². The van der Waals surface area contributed by atoms with Crippen LogP contribution in [0.5, 0.6) is 5.75 Å². The van der Waals surface area contributed by atoms with E-state index in [-0.39, 0.29) is 18.1 Å². The number of fused-ring (bicyclic) bond motifs is 3. The predicted octanol–water partition coefficient (Wildman–Crippen LogP) is 1.75. The lowest BCUT2D eigenvalue weighted by atomic mass is 10.0. The Morgan fingerprint density at radius 3 is 3.28 bits per heavy atom. The fraction of sp³-hybridized carbons (Fsp3) is 0.471. The van der Waals surface area contributed by atoms with Crippen LogP contribution in [0, 0.1) is 0 Å². The number of carbonyl (C=O) groups excluding carboxylic acids is 1. The third-order valence-corrected chi connectivity index (χ3v) is 5.66. The summed E-state index contributed by atoms with van der Waals surface area (Å²) in [6.45, 7) is 1.90. The summed E-state index contributed by atoms with van der Waals surface area (Å²) >= 11 is 1.53. The van der Waals surface area contributed by atoms with E-state index in [1.54, 1.807) is 13.3 Å². The second-order valence-corrected chi connectivity index (χ2v) is 7.23. The van der Waals surface area contributed by atoms with Crippen molar-refractivity contribution in [1.82, 2.24) is 19.9 Å². The van der Waals surface area contributed by atoms with Gasteiger partial charge in [-0.3, -0.25) is 4.79 Å². The minimum absolute atomic E-state index is 0.0609. The van der Waals surface area contributed by atoms with Crippen LogP contribution < -0.4 is 4.74 Å². The molecule has 0 radical (unpaired) electrons. The van der Waals surface area contributed by atoms with E-state index in [9.17, 15) is 4.79 Å². The van der Waals surface area contributed by atoms with Crippen molar-refractivity contribution in [3.63, 3.8) is 0 Å². The number of hydrogen-bond donors (Lipinski definition) is 0. The van der Waals surface area contributed by atoms with Gasteiger partial charge in [-0.2, -0.15) is 0 Å². The van der Waals surface area contributed by atoms with Gasteiger partial charge in [-0.05, 0) is 24.6 Å². The van der Waals surface area contributed by atoms with Gasteiger partial charge in [0.2, 0.25) is 5.91 Å². The zero-order valence-corrected chi connectivity index (χ0v) is 14.8. The lowest BCUT2D eigenvalue weighted by molar-refractivity contribution is -0.135. The van der Waals surface area contributed by atoms with E-state index in [2.05, 4.69) is 10.3 Å². The summed E-state index contributed by atoms with van der Waals surface area (Å²) in [6, 6.07) is 7.83. The summed E-state index contributed by atoms with van der Waals surface area (Å²) in [4.78, 5) is 15.6. The summed E-state index contributed by atoms with van der Waals surface area (Å²) in [5.41, 5.74) is 0.973. The van der Waals surface area contributed by atoms with Crippen molar-refractivity contribution in [2.24, 2.45) is 0 Å². The van der Waals surface area contributed by atoms with Gasteiger partial charge in [0.15, 0.2) is 0 Å². The number of ether oxygens (including phenoxy) is 2. The van der Waals surface area contributed by atoms with E-state index in [0.717, 1.165) is 29.3 Å². The number of thioether (sulfide) groups is 1. The first-order valence-electron chi connectivity index (χ1n) is 8.30. The Bertz CT molecular complexity index is 766. The first-order valence-corrected chi connectivity index (χ1v) is 9.28. The van der Waals surface area contributed by atoms with Crippen LogP contribution in [0.25, 0.3) is 0 Å². The molecule has 1 aromatic heterocycles. The van der Waals surface area contributed by atoms with Crippen LogP contribution in [0.1, 0.15) is 18.2 Å². The van der Waals surface area contributed by atoms with Crippen molar-refractivity contribution in [2.45, 2.75) is 30.1 Å². The van der Waals surface area contributed by atoms with Gasteiger partial charge < -0.3 is 14.4 Å². The molecule has 2 aliphatic heterocycles. The van der Waals surface area contributed by atoms with Crippen LogP contribution >= 0.6 is 11.8 Å². The van der Waals surface area contributed by atoms with E-state index >= 15 is 0 Å². The highest BCUT2D eigenvalue weighted by atomic mass is 32.2. The van der Waals surface area contributed by atoms with Gasteiger partial charge in [-0.15, -0.1) is 16.9 Å². The highest BCUT2D eigenvalue weighted by Gasteiger charge is 2.37. The third kappa shape index (κ3) is 3.36. The molecule has 1 aromatic carbocycles. The Kier molecular flexibility index (Phi) is 4.63. The molecule has 1 fully saturated rings. The monoisotopic (exact) mass is 360 g/mol. The maximum absolute atomic E-state index is 12.6. The predicted molar refractivity (Wildman–Crippen MR) is 92.6 cm³/mol. The SMILES string of the molecule is COc1cccc(SCC(=O)N2CC[C@H]3OCc4cnnn4[C@@H]3C2)c1. The molecule has 0 spiro atoms. The number of methoxy groups -OCH3 is 1. The standard InChI is InChI=1S/C17H20N4O3S/c1-23-13-3-2-4-14(7-13)25-11-17(22)20-6-5-16-15(9-20)21-12(10-24-16)8-18-19-21/h2-4,7-8,15-16H,5-6,9-11H2,1H3/t15-,16-/m1/s1. The molecule has 0 aliphatic carbocycles. The molecule has 0 unspecified atom stereocenters. The fourth-order valence-corrected chi connectivity index (χ4v) is 4.18. The van der Waals surface area contributed by atoms with E-state index < -0.39 is 0 Å². The number of benzene rings is 1. The van der Waals surface area contributed by atoms with Crippen molar-refractivity contribution >= 4 is 17.7 Å². The fourth-order valence-electron chi connectivity index (χ4n) is 3.33. The van der Waals surface area contributed by atoms with E-state index in [0.29, 0.717) is 18.9 Å². The van der Waals surface area contributed by atoms with Gasteiger partial charge in [0.05, 0.1) is 43.5 Å². The van der Waals surface area contributed by atoms with Gasteiger partial charge in [0, 0.05) is 18.0 Å². The molecule has 1 saturated heterocycles. The lowest BCUT2D eigenvalue weighted by Gasteiger charge is -2.41. The van der Waals surface area contributed by atoms with E-state index in [4.69, 9.17) is 9.47 Å². The Labute approximate surface area is 150 Å². The zero-order valence-electron chi connectivity index (χ0n) is 14.0. The maximum Gasteiger partial charge on any atom is 0.233 e. The number of amides is 1. The van der Waals surface area contributed by atoms with Crippen LogP contribution in [0.2, 0.25) is 0 Å². The molecular formula is C17H20N4O3S. The summed E-state index contributed by atoms with van der Waals surface area (Å²) in [7, 11) is 1.64. The number of nitrogens with zero attached hydrogens (tertiary/aromatic N) is 4. The first kappa shape index (κ1) is 16.4. The number of rotatable bonds is 4. The van der Waals surface area contributed by atoms with Crippen molar-refractivity contribution in [2.75, 3.05) is 26.0 Å². The number of piperidine rings is 1. The van der Waals surface area contributed by atoms with Gasteiger partial charge in [-0.25, -0.2) is 4.68 Å².